The number of nitrogens with one attached hydrogen (secondary N) is 1. The number of guanidine groups is 1. The van der Waals surface area contributed by atoms with Gasteiger partial charge in [-0.3, -0.25) is 19.6 Å². The average Bonchev–Trinajstić information content (AvgIpc) is 3.40. The van der Waals surface area contributed by atoms with Crippen molar-refractivity contribution in [3.8, 4) is 0 Å². The van der Waals surface area contributed by atoms with Gasteiger partial charge in [0.1, 0.15) is 0 Å². The molecule has 0 aromatic rings. The van der Waals surface area contributed by atoms with Gasteiger partial charge < -0.3 is 19.9 Å². The minimum Gasteiger partial charge on any atom is -0.379 e. The van der Waals surface area contributed by atoms with Gasteiger partial charge in [-0.1, -0.05) is 0 Å². The molecule has 3 aliphatic heterocycles. The lowest BCUT2D eigenvalue weighted by molar-refractivity contribution is -0.133. The highest BCUT2D eigenvalue weighted by Crippen LogP contribution is 2.19. The van der Waals surface area contributed by atoms with E-state index in [0.29, 0.717) is 6.04 Å². The van der Waals surface area contributed by atoms with E-state index < -0.39 is 0 Å². The van der Waals surface area contributed by atoms with Crippen molar-refractivity contribution in [1.29, 1.82) is 0 Å². The minimum absolute atomic E-state index is 0.0649. The summed E-state index contributed by atoms with van der Waals surface area (Å²) in [5.41, 5.74) is 0. The lowest BCUT2D eigenvalue weighted by atomic mass is 10.2. The van der Waals surface area contributed by atoms with E-state index in [4.69, 9.17) is 9.73 Å². The highest BCUT2D eigenvalue weighted by atomic mass is 16.5. The molecule has 2 unspecified atom stereocenters. The summed E-state index contributed by atoms with van der Waals surface area (Å²) in [4.78, 5) is 26.3. The fourth-order valence-corrected chi connectivity index (χ4v) is 4.73. The Hall–Kier alpha value is -1.38. The van der Waals surface area contributed by atoms with Crippen molar-refractivity contribution >= 4 is 11.9 Å². The number of aliphatic imine (C=N–C) groups is 1. The van der Waals surface area contributed by atoms with E-state index in [2.05, 4.69) is 26.9 Å². The van der Waals surface area contributed by atoms with Crippen LogP contribution < -0.4 is 5.32 Å². The Balaban J connectivity index is 1.46. The molecule has 2 atom stereocenters. The first kappa shape index (κ1) is 22.3. The largest absolute Gasteiger partial charge is 0.379 e. The normalized spacial score (nSPS) is 26.9. The lowest BCUT2D eigenvalue weighted by Crippen LogP contribution is -2.46. The van der Waals surface area contributed by atoms with Gasteiger partial charge in [0, 0.05) is 66.0 Å². The first-order chi connectivity index (χ1) is 14.1. The Kier molecular flexibility index (Phi) is 8.56. The van der Waals surface area contributed by atoms with Crippen LogP contribution in [0.2, 0.25) is 0 Å². The van der Waals surface area contributed by atoms with Crippen molar-refractivity contribution < 1.29 is 9.53 Å². The van der Waals surface area contributed by atoms with Gasteiger partial charge in [-0.25, -0.2) is 0 Å². The van der Waals surface area contributed by atoms with E-state index >= 15 is 0 Å². The maximum absolute atomic E-state index is 12.3. The van der Waals surface area contributed by atoms with Gasteiger partial charge in [0.15, 0.2) is 5.96 Å². The van der Waals surface area contributed by atoms with Crippen molar-refractivity contribution in [3.05, 3.63) is 0 Å². The Morgan fingerprint density at radius 1 is 1.17 bits per heavy atom. The molecule has 0 bridgehead atoms. The molecule has 0 aromatic heterocycles. The molecule has 0 radical (unpaired) electrons. The summed E-state index contributed by atoms with van der Waals surface area (Å²) in [6, 6.07) is 0.681. The number of rotatable bonds is 7. The van der Waals surface area contributed by atoms with Crippen LogP contribution in [0.3, 0.4) is 0 Å². The first-order valence-electron chi connectivity index (χ1n) is 11.4. The van der Waals surface area contributed by atoms with E-state index in [1.54, 1.807) is 4.90 Å². The van der Waals surface area contributed by atoms with E-state index in [1.807, 2.05) is 14.1 Å². The van der Waals surface area contributed by atoms with Gasteiger partial charge in [-0.05, 0) is 39.2 Å². The van der Waals surface area contributed by atoms with Crippen molar-refractivity contribution in [2.24, 2.45) is 4.99 Å². The van der Waals surface area contributed by atoms with Gasteiger partial charge in [0.25, 0.3) is 0 Å². The molecule has 0 aromatic carbocycles. The fraction of sp³-hybridized carbons (Fsp3) is 0.905. The van der Waals surface area contributed by atoms with Crippen LogP contribution in [0.5, 0.6) is 0 Å². The number of hydrogen-bond donors (Lipinski definition) is 1. The molecule has 166 valence electrons. The summed E-state index contributed by atoms with van der Waals surface area (Å²) >= 11 is 0. The van der Waals surface area contributed by atoms with Crippen LogP contribution in [0.1, 0.15) is 32.6 Å². The van der Waals surface area contributed by atoms with E-state index in [9.17, 15) is 4.79 Å². The third-order valence-corrected chi connectivity index (χ3v) is 6.31. The number of morpholine rings is 1. The maximum atomic E-state index is 12.3. The molecule has 8 heteroatoms. The molecular weight excluding hydrogens is 368 g/mol. The summed E-state index contributed by atoms with van der Waals surface area (Å²) in [5, 5.41) is 3.48. The summed E-state index contributed by atoms with van der Waals surface area (Å²) in [7, 11) is 3.71. The number of carbonyl (C=O) groups is 1. The van der Waals surface area contributed by atoms with Crippen LogP contribution in [-0.4, -0.2) is 123 Å². The van der Waals surface area contributed by atoms with Gasteiger partial charge >= 0.3 is 0 Å². The van der Waals surface area contributed by atoms with Crippen LogP contribution in [0.4, 0.5) is 0 Å². The molecule has 3 heterocycles. The Bertz CT molecular complexity index is 549. The highest BCUT2D eigenvalue weighted by molar-refractivity contribution is 5.81. The number of amides is 1. The zero-order chi connectivity index (χ0) is 20.6. The molecule has 1 amide bonds. The topological polar surface area (TPSA) is 63.7 Å². The molecule has 3 fully saturated rings. The van der Waals surface area contributed by atoms with Gasteiger partial charge in [-0.2, -0.15) is 0 Å². The second-order valence-corrected chi connectivity index (χ2v) is 8.55. The maximum Gasteiger partial charge on any atom is 0.239 e. The van der Waals surface area contributed by atoms with E-state index in [1.165, 1.54) is 6.42 Å². The summed E-state index contributed by atoms with van der Waals surface area (Å²) in [6.45, 7) is 11.7. The Morgan fingerprint density at radius 2 is 1.97 bits per heavy atom. The van der Waals surface area contributed by atoms with Crippen molar-refractivity contribution in [2.45, 2.75) is 44.7 Å². The highest BCUT2D eigenvalue weighted by Gasteiger charge is 2.32. The average molecular weight is 409 g/mol. The SMILES string of the molecule is CCNC(=NCCCN1CCCC1C(=O)N(C)C)N1CCC(N2CCOCC2)C1. The van der Waals surface area contributed by atoms with Gasteiger partial charge in [-0.15, -0.1) is 0 Å². The standard InChI is InChI=1S/C21H40N6O2/c1-4-22-21(27-12-8-18(17-27)25-13-15-29-16-14-25)23-9-6-11-26-10-5-7-19(26)20(28)24(2)3/h18-19H,4-17H2,1-3H3,(H,22,23). The summed E-state index contributed by atoms with van der Waals surface area (Å²) < 4.78 is 5.50. The first-order valence-corrected chi connectivity index (χ1v) is 11.4. The van der Waals surface area contributed by atoms with Crippen LogP contribution >= 0.6 is 0 Å². The smallest absolute Gasteiger partial charge is 0.239 e. The second-order valence-electron chi connectivity index (χ2n) is 8.55. The predicted octanol–water partition coefficient (Wildman–Crippen LogP) is 0.301. The zero-order valence-electron chi connectivity index (χ0n) is 18.6. The molecule has 1 N–H and O–H groups in total. The Morgan fingerprint density at radius 3 is 2.69 bits per heavy atom. The number of ether oxygens (including phenoxy) is 1. The van der Waals surface area contributed by atoms with Crippen molar-refractivity contribution in [2.75, 3.05) is 79.7 Å². The molecule has 3 rings (SSSR count). The third-order valence-electron chi connectivity index (χ3n) is 6.31. The molecule has 8 nitrogen and oxygen atoms in total. The second kappa shape index (κ2) is 11.1. The van der Waals surface area contributed by atoms with E-state index in [-0.39, 0.29) is 11.9 Å². The lowest BCUT2D eigenvalue weighted by Gasteiger charge is -2.32. The number of hydrogen-bond acceptors (Lipinski definition) is 5. The number of carbonyl (C=O) groups excluding carboxylic acids is 1. The van der Waals surface area contributed by atoms with Crippen LogP contribution in [-0.2, 0) is 9.53 Å². The minimum atomic E-state index is 0.0649. The third kappa shape index (κ3) is 6.06. The monoisotopic (exact) mass is 408 g/mol. The number of nitrogens with zero attached hydrogens (tertiary/aromatic N) is 5. The molecule has 0 aliphatic carbocycles. The summed E-state index contributed by atoms with van der Waals surface area (Å²) in [6.07, 6.45) is 4.30. The van der Waals surface area contributed by atoms with Crippen LogP contribution in [0, 0.1) is 0 Å². The predicted molar refractivity (Wildman–Crippen MR) is 116 cm³/mol. The number of likely N-dealkylation sites (N-methyl/N-ethyl adjacent to an activating group) is 1. The van der Waals surface area contributed by atoms with Crippen molar-refractivity contribution in [3.63, 3.8) is 0 Å². The van der Waals surface area contributed by atoms with Crippen LogP contribution in [0.15, 0.2) is 4.99 Å². The molecule has 29 heavy (non-hydrogen) atoms. The quantitative estimate of drug-likeness (QED) is 0.371. The Labute approximate surface area is 176 Å². The van der Waals surface area contributed by atoms with Crippen LogP contribution in [0.25, 0.3) is 0 Å². The zero-order valence-corrected chi connectivity index (χ0v) is 18.6. The van der Waals surface area contributed by atoms with Gasteiger partial charge in [0.05, 0.1) is 19.3 Å². The molecular formula is C21H40N6O2. The number of likely N-dealkylation sites (tertiary alicyclic amines) is 2. The molecule has 0 spiro atoms. The molecule has 3 aliphatic rings. The summed E-state index contributed by atoms with van der Waals surface area (Å²) in [5.74, 6) is 1.29. The van der Waals surface area contributed by atoms with E-state index in [0.717, 1.165) is 90.8 Å². The molecule has 3 saturated heterocycles. The van der Waals surface area contributed by atoms with Gasteiger partial charge in [0.2, 0.25) is 5.91 Å². The van der Waals surface area contributed by atoms with Crippen molar-refractivity contribution in [1.82, 2.24) is 24.9 Å². The molecule has 0 saturated carbocycles. The fourth-order valence-electron chi connectivity index (χ4n) is 4.73.